The molecule has 1 fully saturated rings. The predicted molar refractivity (Wildman–Crippen MR) is 82.7 cm³/mol. The number of benzene rings is 1. The zero-order valence-electron chi connectivity index (χ0n) is 12.4. The monoisotopic (exact) mass is 311 g/mol. The molecule has 0 saturated carbocycles. The van der Waals surface area contributed by atoms with E-state index in [0.29, 0.717) is 18.2 Å². The smallest absolute Gasteiger partial charge is 0.310 e. The second kappa shape index (κ2) is 8.25. The Morgan fingerprint density at radius 1 is 1.48 bits per heavy atom. The molecule has 116 valence electrons. The highest BCUT2D eigenvalue weighted by Gasteiger charge is 2.26. The van der Waals surface area contributed by atoms with Crippen LogP contribution >= 0.6 is 11.6 Å². The van der Waals surface area contributed by atoms with Crippen LogP contribution in [-0.2, 0) is 9.53 Å². The fraction of sp³-hybridized carbons (Fsp3) is 0.562. The van der Waals surface area contributed by atoms with E-state index in [1.165, 1.54) is 0 Å². The van der Waals surface area contributed by atoms with Crippen molar-refractivity contribution in [3.8, 4) is 5.75 Å². The lowest BCUT2D eigenvalue weighted by Crippen LogP contribution is -2.41. The van der Waals surface area contributed by atoms with E-state index in [1.807, 2.05) is 25.1 Å². The van der Waals surface area contributed by atoms with Crippen molar-refractivity contribution in [2.24, 2.45) is 5.92 Å². The number of likely N-dealkylation sites (tertiary alicyclic amines) is 1. The Bertz CT molecular complexity index is 467. The molecular weight excluding hydrogens is 290 g/mol. The molecule has 2 rings (SSSR count). The Hall–Kier alpha value is -1.26. The summed E-state index contributed by atoms with van der Waals surface area (Å²) in [6.45, 7) is 5.47. The molecule has 0 bridgehead atoms. The highest BCUT2D eigenvalue weighted by molar-refractivity contribution is 6.30. The number of piperidine rings is 1. The van der Waals surface area contributed by atoms with Gasteiger partial charge in [-0.05, 0) is 44.5 Å². The van der Waals surface area contributed by atoms with Gasteiger partial charge in [0, 0.05) is 18.1 Å². The van der Waals surface area contributed by atoms with Crippen molar-refractivity contribution >= 4 is 17.6 Å². The maximum atomic E-state index is 11.8. The minimum absolute atomic E-state index is 0.00451. The van der Waals surface area contributed by atoms with Crippen molar-refractivity contribution in [3.63, 3.8) is 0 Å². The molecule has 0 aliphatic carbocycles. The van der Waals surface area contributed by atoms with Crippen LogP contribution in [0.3, 0.4) is 0 Å². The summed E-state index contributed by atoms with van der Waals surface area (Å²) in [6, 6.07) is 7.39. The van der Waals surface area contributed by atoms with Gasteiger partial charge in [0.25, 0.3) is 0 Å². The molecule has 0 aromatic heterocycles. The lowest BCUT2D eigenvalue weighted by Gasteiger charge is -2.31. The van der Waals surface area contributed by atoms with Gasteiger partial charge in [-0.3, -0.25) is 9.69 Å². The number of carbonyl (C=O) groups is 1. The van der Waals surface area contributed by atoms with E-state index in [2.05, 4.69) is 4.90 Å². The molecule has 1 aromatic carbocycles. The number of hydrogen-bond acceptors (Lipinski definition) is 4. The molecule has 1 heterocycles. The number of nitrogens with zero attached hydrogens (tertiary/aromatic N) is 1. The minimum Gasteiger partial charge on any atom is -0.492 e. The largest absolute Gasteiger partial charge is 0.492 e. The van der Waals surface area contributed by atoms with Gasteiger partial charge in [0.15, 0.2) is 0 Å². The van der Waals surface area contributed by atoms with Crippen LogP contribution in [0.15, 0.2) is 24.3 Å². The quantitative estimate of drug-likeness (QED) is 0.757. The highest BCUT2D eigenvalue weighted by atomic mass is 35.5. The van der Waals surface area contributed by atoms with E-state index in [0.717, 1.165) is 38.2 Å². The van der Waals surface area contributed by atoms with E-state index in [1.54, 1.807) is 6.07 Å². The summed E-state index contributed by atoms with van der Waals surface area (Å²) in [6.07, 6.45) is 1.95. The molecule has 1 saturated heterocycles. The summed E-state index contributed by atoms with van der Waals surface area (Å²) in [5, 5.41) is 0.674. The summed E-state index contributed by atoms with van der Waals surface area (Å²) < 4.78 is 10.8. The van der Waals surface area contributed by atoms with E-state index < -0.39 is 0 Å². The number of ether oxygens (including phenoxy) is 2. The van der Waals surface area contributed by atoms with Crippen LogP contribution in [0.1, 0.15) is 19.8 Å². The molecule has 0 amide bonds. The van der Waals surface area contributed by atoms with E-state index in [4.69, 9.17) is 21.1 Å². The van der Waals surface area contributed by atoms with E-state index in [-0.39, 0.29) is 11.9 Å². The molecule has 1 unspecified atom stereocenters. The molecule has 1 aliphatic heterocycles. The molecule has 5 heteroatoms. The van der Waals surface area contributed by atoms with Gasteiger partial charge in [-0.1, -0.05) is 17.7 Å². The van der Waals surface area contributed by atoms with Gasteiger partial charge in [-0.2, -0.15) is 0 Å². The second-order valence-corrected chi connectivity index (χ2v) is 5.63. The van der Waals surface area contributed by atoms with Crippen molar-refractivity contribution in [2.45, 2.75) is 19.8 Å². The third-order valence-electron chi connectivity index (χ3n) is 3.60. The first-order chi connectivity index (χ1) is 10.2. The average molecular weight is 312 g/mol. The molecule has 0 spiro atoms. The zero-order valence-corrected chi connectivity index (χ0v) is 13.1. The molecule has 0 N–H and O–H groups in total. The topological polar surface area (TPSA) is 38.8 Å². The van der Waals surface area contributed by atoms with Gasteiger partial charge in [-0.25, -0.2) is 0 Å². The van der Waals surface area contributed by atoms with Crippen molar-refractivity contribution in [2.75, 3.05) is 32.8 Å². The number of halogens is 1. The van der Waals surface area contributed by atoms with Crippen LogP contribution in [0.2, 0.25) is 5.02 Å². The van der Waals surface area contributed by atoms with Crippen LogP contribution in [0.4, 0.5) is 0 Å². The maximum Gasteiger partial charge on any atom is 0.310 e. The Morgan fingerprint density at radius 3 is 3.10 bits per heavy atom. The predicted octanol–water partition coefficient (Wildman–Crippen LogP) is 2.99. The Kier molecular flexibility index (Phi) is 6.33. The third kappa shape index (κ3) is 5.21. The molecule has 1 aromatic rings. The fourth-order valence-electron chi connectivity index (χ4n) is 2.56. The fourth-order valence-corrected chi connectivity index (χ4v) is 2.74. The summed E-state index contributed by atoms with van der Waals surface area (Å²) in [5.41, 5.74) is 0. The average Bonchev–Trinajstić information content (AvgIpc) is 2.48. The molecule has 21 heavy (non-hydrogen) atoms. The van der Waals surface area contributed by atoms with Gasteiger partial charge < -0.3 is 9.47 Å². The van der Waals surface area contributed by atoms with Gasteiger partial charge in [0.05, 0.1) is 12.5 Å². The third-order valence-corrected chi connectivity index (χ3v) is 3.83. The first-order valence-corrected chi connectivity index (χ1v) is 7.84. The Morgan fingerprint density at radius 2 is 2.33 bits per heavy atom. The van der Waals surface area contributed by atoms with E-state index >= 15 is 0 Å². The summed E-state index contributed by atoms with van der Waals surface area (Å²) in [4.78, 5) is 14.0. The molecule has 1 atom stereocenters. The first kappa shape index (κ1) is 16.1. The highest BCUT2D eigenvalue weighted by Crippen LogP contribution is 2.19. The first-order valence-electron chi connectivity index (χ1n) is 7.46. The van der Waals surface area contributed by atoms with Gasteiger partial charge in [-0.15, -0.1) is 0 Å². The van der Waals surface area contributed by atoms with Crippen molar-refractivity contribution in [1.29, 1.82) is 0 Å². The van der Waals surface area contributed by atoms with Crippen molar-refractivity contribution in [3.05, 3.63) is 29.3 Å². The van der Waals surface area contributed by atoms with Crippen molar-refractivity contribution in [1.82, 2.24) is 4.90 Å². The van der Waals surface area contributed by atoms with Crippen LogP contribution in [0.5, 0.6) is 5.75 Å². The molecule has 0 radical (unpaired) electrons. The van der Waals surface area contributed by atoms with Crippen LogP contribution in [-0.4, -0.2) is 43.7 Å². The summed E-state index contributed by atoms with van der Waals surface area (Å²) in [7, 11) is 0. The van der Waals surface area contributed by atoms with Crippen LogP contribution in [0, 0.1) is 5.92 Å². The second-order valence-electron chi connectivity index (χ2n) is 5.20. The van der Waals surface area contributed by atoms with Gasteiger partial charge in [0.1, 0.15) is 12.4 Å². The Balaban J connectivity index is 1.74. The number of rotatable bonds is 6. The Labute approximate surface area is 131 Å². The standard InChI is InChI=1S/C16H22ClNO3/c1-2-20-16(19)13-5-4-8-18(12-13)9-10-21-15-7-3-6-14(17)11-15/h3,6-7,11,13H,2,4-5,8-10,12H2,1H3. The lowest BCUT2D eigenvalue weighted by atomic mass is 9.98. The number of carbonyl (C=O) groups excluding carboxylic acids is 1. The zero-order chi connectivity index (χ0) is 15.1. The normalized spacial score (nSPS) is 19.2. The molecular formula is C16H22ClNO3. The SMILES string of the molecule is CCOC(=O)C1CCCN(CCOc2cccc(Cl)c2)C1. The van der Waals surface area contributed by atoms with E-state index in [9.17, 15) is 4.79 Å². The molecule has 4 nitrogen and oxygen atoms in total. The van der Waals surface area contributed by atoms with Crippen molar-refractivity contribution < 1.29 is 14.3 Å². The van der Waals surface area contributed by atoms with Gasteiger partial charge >= 0.3 is 5.97 Å². The number of hydrogen-bond donors (Lipinski definition) is 0. The summed E-state index contributed by atoms with van der Waals surface area (Å²) in [5.74, 6) is 0.712. The summed E-state index contributed by atoms with van der Waals surface area (Å²) >= 11 is 5.91. The lowest BCUT2D eigenvalue weighted by molar-refractivity contribution is -0.150. The number of esters is 1. The minimum atomic E-state index is -0.0713. The van der Waals surface area contributed by atoms with Crippen LogP contribution < -0.4 is 4.74 Å². The van der Waals surface area contributed by atoms with Gasteiger partial charge in [0.2, 0.25) is 0 Å². The molecule has 1 aliphatic rings. The maximum absolute atomic E-state index is 11.8. The van der Waals surface area contributed by atoms with Crippen LogP contribution in [0.25, 0.3) is 0 Å².